The van der Waals surface area contributed by atoms with Gasteiger partial charge in [0.05, 0.1) is 6.61 Å². The molecule has 0 N–H and O–H groups in total. The molecule has 0 atom stereocenters. The van der Waals surface area contributed by atoms with Crippen molar-refractivity contribution in [3.8, 4) is 11.1 Å². The normalized spacial score (nSPS) is 10.5. The van der Waals surface area contributed by atoms with E-state index < -0.39 is 0 Å². The van der Waals surface area contributed by atoms with Crippen LogP contribution in [0.3, 0.4) is 0 Å². The Balaban J connectivity index is 2.60. The van der Waals surface area contributed by atoms with Crippen molar-refractivity contribution in [3.05, 3.63) is 65.5 Å². The number of benzene rings is 2. The molecule has 2 heteroatoms. The maximum Gasteiger partial charge on any atom is 0.126 e. The van der Waals surface area contributed by atoms with Gasteiger partial charge in [0.2, 0.25) is 0 Å². The van der Waals surface area contributed by atoms with Gasteiger partial charge in [-0.05, 0) is 46.9 Å². The molecule has 2 rings (SSSR count). The van der Waals surface area contributed by atoms with Crippen molar-refractivity contribution in [2.75, 3.05) is 7.11 Å². The molecule has 0 saturated heterocycles. The average molecular weight is 256 g/mol. The smallest absolute Gasteiger partial charge is 0.126 e. The van der Waals surface area contributed by atoms with Gasteiger partial charge in [0.15, 0.2) is 0 Å². The van der Waals surface area contributed by atoms with Gasteiger partial charge >= 0.3 is 0 Å². The van der Waals surface area contributed by atoms with Crippen LogP contribution in [0.4, 0.5) is 4.39 Å². The molecule has 0 amide bonds. The van der Waals surface area contributed by atoms with E-state index in [9.17, 15) is 4.39 Å². The molecule has 0 bridgehead atoms. The zero-order valence-electron chi connectivity index (χ0n) is 11.2. The maximum atomic E-state index is 13.7. The van der Waals surface area contributed by atoms with Gasteiger partial charge < -0.3 is 4.74 Å². The van der Waals surface area contributed by atoms with Gasteiger partial charge in [-0.2, -0.15) is 0 Å². The minimum Gasteiger partial charge on any atom is -0.380 e. The van der Waals surface area contributed by atoms with Crippen LogP contribution in [-0.2, 0) is 11.3 Å². The highest BCUT2D eigenvalue weighted by molar-refractivity contribution is 5.72. The first kappa shape index (κ1) is 13.5. The van der Waals surface area contributed by atoms with Crippen molar-refractivity contribution < 1.29 is 9.13 Å². The van der Waals surface area contributed by atoms with Crippen LogP contribution >= 0.6 is 0 Å². The molecule has 0 spiro atoms. The fourth-order valence-corrected chi connectivity index (χ4v) is 2.18. The first-order valence-electron chi connectivity index (χ1n) is 6.17. The summed E-state index contributed by atoms with van der Waals surface area (Å²) >= 11 is 0. The van der Waals surface area contributed by atoms with Crippen molar-refractivity contribution in [1.29, 1.82) is 0 Å². The van der Waals surface area contributed by atoms with Crippen LogP contribution in [0.2, 0.25) is 0 Å². The van der Waals surface area contributed by atoms with Crippen LogP contribution in [0.25, 0.3) is 17.2 Å². The highest BCUT2D eigenvalue weighted by Crippen LogP contribution is 2.29. The Morgan fingerprint density at radius 1 is 1.21 bits per heavy atom. The molecule has 0 aromatic heterocycles. The van der Waals surface area contributed by atoms with Crippen LogP contribution in [0.1, 0.15) is 16.7 Å². The first-order chi connectivity index (χ1) is 9.17. The van der Waals surface area contributed by atoms with Crippen LogP contribution in [0.5, 0.6) is 0 Å². The zero-order valence-corrected chi connectivity index (χ0v) is 11.2. The summed E-state index contributed by atoms with van der Waals surface area (Å²) in [6, 6.07) is 11.1. The lowest BCUT2D eigenvalue weighted by molar-refractivity contribution is 0.185. The van der Waals surface area contributed by atoms with Gasteiger partial charge in [-0.1, -0.05) is 36.9 Å². The third kappa shape index (κ3) is 2.74. The van der Waals surface area contributed by atoms with E-state index in [0.29, 0.717) is 12.2 Å². The van der Waals surface area contributed by atoms with E-state index >= 15 is 0 Å². The van der Waals surface area contributed by atoms with E-state index in [4.69, 9.17) is 4.74 Å². The fraction of sp³-hybridized carbons (Fsp3) is 0.176. The number of hydrogen-bond donors (Lipinski definition) is 0. The molecule has 98 valence electrons. The molecular weight excluding hydrogens is 239 g/mol. The lowest BCUT2D eigenvalue weighted by Crippen LogP contribution is -1.96. The SMILES string of the molecule is C=Cc1ccc(-c2cccc(F)c2C)c(COC)c1. The first-order valence-corrected chi connectivity index (χ1v) is 6.17. The molecule has 2 aromatic carbocycles. The van der Waals surface area contributed by atoms with Crippen LogP contribution in [0, 0.1) is 12.7 Å². The molecule has 0 fully saturated rings. The summed E-state index contributed by atoms with van der Waals surface area (Å²) in [6.45, 7) is 6.05. The van der Waals surface area contributed by atoms with Gasteiger partial charge in [0.1, 0.15) is 5.82 Å². The summed E-state index contributed by atoms with van der Waals surface area (Å²) in [5.74, 6) is -0.186. The summed E-state index contributed by atoms with van der Waals surface area (Å²) in [6.07, 6.45) is 1.79. The van der Waals surface area contributed by atoms with Crippen LogP contribution < -0.4 is 0 Å². The Hall–Kier alpha value is -1.93. The molecule has 0 heterocycles. The number of methoxy groups -OCH3 is 1. The third-order valence-corrected chi connectivity index (χ3v) is 3.22. The van der Waals surface area contributed by atoms with Gasteiger partial charge in [0.25, 0.3) is 0 Å². The molecule has 19 heavy (non-hydrogen) atoms. The minimum atomic E-state index is -0.186. The topological polar surface area (TPSA) is 9.23 Å². The van der Waals surface area contributed by atoms with Crippen molar-refractivity contribution in [2.24, 2.45) is 0 Å². The molecule has 2 aromatic rings. The summed E-state index contributed by atoms with van der Waals surface area (Å²) in [7, 11) is 1.66. The minimum absolute atomic E-state index is 0.186. The van der Waals surface area contributed by atoms with E-state index in [1.54, 1.807) is 26.2 Å². The van der Waals surface area contributed by atoms with E-state index in [1.807, 2.05) is 24.3 Å². The van der Waals surface area contributed by atoms with Crippen LogP contribution in [0.15, 0.2) is 43.0 Å². The Morgan fingerprint density at radius 3 is 2.68 bits per heavy atom. The second kappa shape index (κ2) is 5.81. The largest absolute Gasteiger partial charge is 0.380 e. The highest BCUT2D eigenvalue weighted by atomic mass is 19.1. The number of ether oxygens (including phenoxy) is 1. The summed E-state index contributed by atoms with van der Waals surface area (Å²) in [5, 5.41) is 0. The molecule has 0 aliphatic rings. The molecule has 0 radical (unpaired) electrons. The molecule has 0 unspecified atom stereocenters. The Bertz CT molecular complexity index is 602. The van der Waals surface area contributed by atoms with Gasteiger partial charge in [0, 0.05) is 7.11 Å². The summed E-state index contributed by atoms with van der Waals surface area (Å²) in [4.78, 5) is 0. The zero-order chi connectivity index (χ0) is 13.8. The highest BCUT2D eigenvalue weighted by Gasteiger charge is 2.10. The predicted molar refractivity (Wildman–Crippen MR) is 77.4 cm³/mol. The van der Waals surface area contributed by atoms with E-state index in [0.717, 1.165) is 22.3 Å². The lowest BCUT2D eigenvalue weighted by Gasteiger charge is -2.13. The average Bonchev–Trinajstić information content (AvgIpc) is 2.42. The summed E-state index contributed by atoms with van der Waals surface area (Å²) < 4.78 is 18.9. The fourth-order valence-electron chi connectivity index (χ4n) is 2.18. The van der Waals surface area contributed by atoms with Gasteiger partial charge in [-0.25, -0.2) is 4.39 Å². The predicted octanol–water partition coefficient (Wildman–Crippen LogP) is 4.59. The second-order valence-corrected chi connectivity index (χ2v) is 4.47. The van der Waals surface area contributed by atoms with Crippen LogP contribution in [-0.4, -0.2) is 7.11 Å². The quantitative estimate of drug-likeness (QED) is 0.777. The van der Waals surface area contributed by atoms with E-state index in [-0.39, 0.29) is 5.82 Å². The summed E-state index contributed by atoms with van der Waals surface area (Å²) in [5.41, 5.74) is 4.64. The number of hydrogen-bond acceptors (Lipinski definition) is 1. The Labute approximate surface area is 113 Å². The molecule has 0 aliphatic heterocycles. The molecule has 0 aliphatic carbocycles. The van der Waals surface area contributed by atoms with Crippen molar-refractivity contribution in [3.63, 3.8) is 0 Å². The monoisotopic (exact) mass is 256 g/mol. The van der Waals surface area contributed by atoms with Crippen molar-refractivity contribution >= 4 is 6.08 Å². The molecule has 0 saturated carbocycles. The van der Waals surface area contributed by atoms with Crippen molar-refractivity contribution in [1.82, 2.24) is 0 Å². The van der Waals surface area contributed by atoms with E-state index in [2.05, 4.69) is 6.58 Å². The second-order valence-electron chi connectivity index (χ2n) is 4.47. The maximum absolute atomic E-state index is 13.7. The molecular formula is C17H17FO. The standard InChI is InChI=1S/C17H17FO/c1-4-13-8-9-16(14(10-13)11-19-3)15-6-5-7-17(18)12(15)2/h4-10H,1,11H2,2-3H3. The Morgan fingerprint density at radius 2 is 2.00 bits per heavy atom. The van der Waals surface area contributed by atoms with Crippen molar-refractivity contribution in [2.45, 2.75) is 13.5 Å². The molecule has 1 nitrogen and oxygen atoms in total. The van der Waals surface area contributed by atoms with Gasteiger partial charge in [-0.15, -0.1) is 0 Å². The third-order valence-electron chi connectivity index (χ3n) is 3.22. The van der Waals surface area contributed by atoms with Gasteiger partial charge in [-0.3, -0.25) is 0 Å². The number of rotatable bonds is 4. The lowest BCUT2D eigenvalue weighted by atomic mass is 9.94. The number of halogens is 1. The Kier molecular flexibility index (Phi) is 4.13. The van der Waals surface area contributed by atoms with E-state index in [1.165, 1.54) is 6.07 Å².